The summed E-state index contributed by atoms with van der Waals surface area (Å²) in [4.78, 5) is 0. The molecule has 1 aliphatic carbocycles. The van der Waals surface area contributed by atoms with Gasteiger partial charge in [-0.1, -0.05) is 18.2 Å². The van der Waals surface area contributed by atoms with Crippen molar-refractivity contribution in [3.05, 3.63) is 29.3 Å². The fourth-order valence-corrected chi connectivity index (χ4v) is 2.69. The fourth-order valence-electron chi connectivity index (χ4n) is 2.39. The summed E-state index contributed by atoms with van der Waals surface area (Å²) in [6.07, 6.45) is 3.85. The smallest absolute Gasteiger partial charge is 0.0439 e. The molecule has 1 spiro atoms. The third kappa shape index (κ3) is 1.14. The number of nitrogens with one attached hydrogen (secondary N) is 1. The third-order valence-electron chi connectivity index (χ3n) is 3.25. The minimum absolute atomic E-state index is 0.395. The van der Waals surface area contributed by atoms with Gasteiger partial charge in [0.1, 0.15) is 0 Å². The maximum Gasteiger partial charge on any atom is 0.0439 e. The number of hydrogen-bond acceptors (Lipinski definition) is 1. The van der Waals surface area contributed by atoms with E-state index in [0.29, 0.717) is 5.54 Å². The molecule has 0 aromatic heterocycles. The molecule has 1 aromatic carbocycles. The van der Waals surface area contributed by atoms with E-state index in [1.165, 1.54) is 24.6 Å². The predicted octanol–water partition coefficient (Wildman–Crippen LogP) is 1.32. The summed E-state index contributed by atoms with van der Waals surface area (Å²) >= 11 is 0. The third-order valence-corrected chi connectivity index (χ3v) is 3.61. The van der Waals surface area contributed by atoms with Crippen LogP contribution in [0.15, 0.2) is 18.2 Å². The average molecular weight is 191 g/mol. The van der Waals surface area contributed by atoms with E-state index in [2.05, 4.69) is 32.8 Å². The van der Waals surface area contributed by atoms with Gasteiger partial charge in [-0.25, -0.2) is 0 Å². The Labute approximate surface area is 81.1 Å². The van der Waals surface area contributed by atoms with Crippen molar-refractivity contribution in [2.75, 3.05) is 6.54 Å². The van der Waals surface area contributed by atoms with Crippen molar-refractivity contribution >= 4 is 14.5 Å². The van der Waals surface area contributed by atoms with Crippen LogP contribution >= 0.6 is 9.24 Å². The number of fused-ring (bicyclic) bond motifs is 2. The first kappa shape index (κ1) is 7.96. The summed E-state index contributed by atoms with van der Waals surface area (Å²) in [6.45, 7) is 1.15. The van der Waals surface area contributed by atoms with E-state index in [1.54, 1.807) is 11.1 Å². The van der Waals surface area contributed by atoms with E-state index < -0.39 is 0 Å². The first-order valence-electron chi connectivity index (χ1n) is 4.94. The molecule has 1 aliphatic heterocycles. The maximum atomic E-state index is 3.64. The lowest BCUT2D eigenvalue weighted by molar-refractivity contribution is 0.490. The molecule has 3 rings (SSSR count). The lowest BCUT2D eigenvalue weighted by Gasteiger charge is -2.27. The molecule has 1 atom stereocenters. The summed E-state index contributed by atoms with van der Waals surface area (Å²) in [5, 5.41) is 4.95. The zero-order valence-corrected chi connectivity index (χ0v) is 8.79. The minimum Gasteiger partial charge on any atom is -0.307 e. The average Bonchev–Trinajstić information content (AvgIpc) is 2.86. The molecule has 1 aromatic rings. The molecule has 0 bridgehead atoms. The Morgan fingerprint density at radius 2 is 2.15 bits per heavy atom. The van der Waals surface area contributed by atoms with Crippen LogP contribution in [0.4, 0.5) is 0 Å². The summed E-state index contributed by atoms with van der Waals surface area (Å²) in [5.41, 5.74) is 3.51. The van der Waals surface area contributed by atoms with Crippen molar-refractivity contribution in [2.24, 2.45) is 0 Å². The molecular formula is C11H14NP. The molecule has 0 saturated heterocycles. The molecule has 1 fully saturated rings. The SMILES string of the molecule is Pc1ccc2c(c1)CCNC21CC1. The van der Waals surface area contributed by atoms with Gasteiger partial charge in [-0.2, -0.15) is 0 Å². The van der Waals surface area contributed by atoms with Gasteiger partial charge in [0.15, 0.2) is 0 Å². The quantitative estimate of drug-likeness (QED) is 0.610. The van der Waals surface area contributed by atoms with E-state index in [-0.39, 0.29) is 0 Å². The fraction of sp³-hybridized carbons (Fsp3) is 0.455. The Balaban J connectivity index is 2.15. The second-order valence-corrected chi connectivity index (χ2v) is 4.84. The zero-order chi connectivity index (χ0) is 8.89. The molecular weight excluding hydrogens is 177 g/mol. The van der Waals surface area contributed by atoms with Crippen LogP contribution in [-0.2, 0) is 12.0 Å². The van der Waals surface area contributed by atoms with Crippen molar-refractivity contribution in [1.82, 2.24) is 5.32 Å². The van der Waals surface area contributed by atoms with Gasteiger partial charge in [0, 0.05) is 12.1 Å². The minimum atomic E-state index is 0.395. The molecule has 0 amide bonds. The standard InChI is InChI=1S/C11H14NP/c13-9-1-2-10-8(7-9)3-6-12-11(10)4-5-11/h1-2,7,12H,3-6,13H2. The van der Waals surface area contributed by atoms with Crippen LogP contribution in [0.5, 0.6) is 0 Å². The van der Waals surface area contributed by atoms with E-state index in [4.69, 9.17) is 0 Å². The van der Waals surface area contributed by atoms with Crippen LogP contribution in [0.25, 0.3) is 0 Å². The molecule has 68 valence electrons. The van der Waals surface area contributed by atoms with E-state index in [1.807, 2.05) is 0 Å². The molecule has 1 heterocycles. The van der Waals surface area contributed by atoms with Crippen molar-refractivity contribution in [1.29, 1.82) is 0 Å². The highest BCUT2D eigenvalue weighted by atomic mass is 31.0. The van der Waals surface area contributed by atoms with Gasteiger partial charge in [0.25, 0.3) is 0 Å². The highest BCUT2D eigenvalue weighted by molar-refractivity contribution is 7.27. The Morgan fingerprint density at radius 3 is 2.92 bits per heavy atom. The lowest BCUT2D eigenvalue weighted by Crippen LogP contribution is -2.36. The van der Waals surface area contributed by atoms with Crippen molar-refractivity contribution in [2.45, 2.75) is 24.8 Å². The van der Waals surface area contributed by atoms with Crippen LogP contribution in [-0.4, -0.2) is 6.54 Å². The largest absolute Gasteiger partial charge is 0.307 e. The first-order chi connectivity index (χ1) is 6.30. The highest BCUT2D eigenvalue weighted by Crippen LogP contribution is 2.48. The molecule has 1 N–H and O–H groups in total. The number of rotatable bonds is 0. The van der Waals surface area contributed by atoms with Gasteiger partial charge in [0.2, 0.25) is 0 Å². The first-order valence-corrected chi connectivity index (χ1v) is 5.52. The van der Waals surface area contributed by atoms with Gasteiger partial charge in [-0.05, 0) is 35.7 Å². The summed E-state index contributed by atoms with van der Waals surface area (Å²) in [5.74, 6) is 0. The number of hydrogen-bond donors (Lipinski definition) is 1. The molecule has 0 radical (unpaired) electrons. The van der Waals surface area contributed by atoms with Crippen LogP contribution in [0.1, 0.15) is 24.0 Å². The normalized spacial score (nSPS) is 22.8. The van der Waals surface area contributed by atoms with Crippen molar-refractivity contribution in [3.8, 4) is 0 Å². The molecule has 1 saturated carbocycles. The van der Waals surface area contributed by atoms with Crippen LogP contribution < -0.4 is 10.6 Å². The lowest BCUT2D eigenvalue weighted by atomic mass is 9.92. The molecule has 1 nitrogen and oxygen atoms in total. The van der Waals surface area contributed by atoms with Crippen LogP contribution in [0.2, 0.25) is 0 Å². The Bertz CT molecular complexity index is 355. The van der Waals surface area contributed by atoms with Gasteiger partial charge in [0.05, 0.1) is 0 Å². The molecule has 1 unspecified atom stereocenters. The van der Waals surface area contributed by atoms with Gasteiger partial charge >= 0.3 is 0 Å². The predicted molar refractivity (Wildman–Crippen MR) is 58.4 cm³/mol. The van der Waals surface area contributed by atoms with Gasteiger partial charge in [-0.3, -0.25) is 0 Å². The molecule has 13 heavy (non-hydrogen) atoms. The van der Waals surface area contributed by atoms with Gasteiger partial charge < -0.3 is 5.32 Å². The Hall–Kier alpha value is -0.390. The highest BCUT2D eigenvalue weighted by Gasteiger charge is 2.46. The molecule has 2 heteroatoms. The summed E-state index contributed by atoms with van der Waals surface area (Å²) in [6, 6.07) is 6.83. The Kier molecular flexibility index (Phi) is 1.57. The van der Waals surface area contributed by atoms with Crippen molar-refractivity contribution < 1.29 is 0 Å². The van der Waals surface area contributed by atoms with Gasteiger partial charge in [-0.15, -0.1) is 9.24 Å². The Morgan fingerprint density at radius 1 is 1.31 bits per heavy atom. The monoisotopic (exact) mass is 191 g/mol. The summed E-state index contributed by atoms with van der Waals surface area (Å²) in [7, 11) is 2.78. The van der Waals surface area contributed by atoms with Crippen LogP contribution in [0.3, 0.4) is 0 Å². The van der Waals surface area contributed by atoms with Crippen LogP contribution in [0, 0.1) is 0 Å². The second-order valence-electron chi connectivity index (χ2n) is 4.18. The maximum absolute atomic E-state index is 3.64. The number of benzene rings is 1. The summed E-state index contributed by atoms with van der Waals surface area (Å²) < 4.78 is 0. The van der Waals surface area contributed by atoms with E-state index in [0.717, 1.165) is 6.54 Å². The molecule has 2 aliphatic rings. The van der Waals surface area contributed by atoms with Crippen molar-refractivity contribution in [3.63, 3.8) is 0 Å². The zero-order valence-electron chi connectivity index (χ0n) is 7.64. The topological polar surface area (TPSA) is 12.0 Å². The second kappa shape index (κ2) is 2.56. The van der Waals surface area contributed by atoms with E-state index in [9.17, 15) is 0 Å². The van der Waals surface area contributed by atoms with E-state index >= 15 is 0 Å².